The third-order valence-electron chi connectivity index (χ3n) is 3.43. The molecule has 2 unspecified atom stereocenters. The molecule has 1 aromatic carbocycles. The fourth-order valence-electron chi connectivity index (χ4n) is 2.25. The normalized spacial score (nSPS) is 23.1. The molecule has 1 fully saturated rings. The molecular formula is C14H15F3N2O2. The van der Waals surface area contributed by atoms with Gasteiger partial charge in [-0.25, -0.2) is 0 Å². The maximum Gasteiger partial charge on any atom is 0.390 e. The molecule has 7 heteroatoms. The average Bonchev–Trinajstić information content (AvgIpc) is 2.42. The Bertz CT molecular complexity index is 531. The third kappa shape index (κ3) is 3.53. The Kier molecular flexibility index (Phi) is 4.20. The van der Waals surface area contributed by atoms with Gasteiger partial charge in [0.25, 0.3) is 0 Å². The first-order valence-electron chi connectivity index (χ1n) is 6.52. The van der Waals surface area contributed by atoms with Gasteiger partial charge in [0, 0.05) is 6.54 Å². The molecule has 0 bridgehead atoms. The zero-order valence-electron chi connectivity index (χ0n) is 11.4. The summed E-state index contributed by atoms with van der Waals surface area (Å²) in [5.41, 5.74) is 0.555. The molecule has 1 aliphatic rings. The van der Waals surface area contributed by atoms with Crippen LogP contribution in [0.15, 0.2) is 30.3 Å². The Morgan fingerprint density at radius 2 is 1.81 bits per heavy atom. The van der Waals surface area contributed by atoms with Gasteiger partial charge in [-0.2, -0.15) is 13.2 Å². The summed E-state index contributed by atoms with van der Waals surface area (Å²) in [6.45, 7) is 0.908. The van der Waals surface area contributed by atoms with Crippen molar-refractivity contribution in [3.63, 3.8) is 0 Å². The number of hydrogen-bond donors (Lipinski definition) is 1. The van der Waals surface area contributed by atoms with Crippen molar-refractivity contribution in [2.24, 2.45) is 0 Å². The van der Waals surface area contributed by atoms with Crippen LogP contribution in [0.2, 0.25) is 0 Å². The molecule has 114 valence electrons. The van der Waals surface area contributed by atoms with Crippen molar-refractivity contribution >= 4 is 11.8 Å². The van der Waals surface area contributed by atoms with E-state index in [1.54, 1.807) is 30.3 Å². The van der Waals surface area contributed by atoms with Crippen molar-refractivity contribution in [1.29, 1.82) is 0 Å². The van der Waals surface area contributed by atoms with Crippen LogP contribution in [0.4, 0.5) is 13.2 Å². The minimum Gasteiger partial charge on any atom is -0.339 e. The molecule has 0 radical (unpaired) electrons. The number of hydrogen-bond acceptors (Lipinski definition) is 2. The van der Waals surface area contributed by atoms with Crippen LogP contribution in [0.1, 0.15) is 24.9 Å². The number of carbonyl (C=O) groups is 2. The van der Waals surface area contributed by atoms with Crippen LogP contribution in [-0.2, 0) is 9.59 Å². The number of carbonyl (C=O) groups excluding carboxylic acids is 2. The van der Waals surface area contributed by atoms with E-state index in [1.807, 2.05) is 0 Å². The lowest BCUT2D eigenvalue weighted by atomic mass is 10.0. The van der Waals surface area contributed by atoms with Gasteiger partial charge in [-0.05, 0) is 12.5 Å². The van der Waals surface area contributed by atoms with Crippen molar-refractivity contribution in [2.45, 2.75) is 31.6 Å². The lowest BCUT2D eigenvalue weighted by Crippen LogP contribution is -2.58. The van der Waals surface area contributed by atoms with E-state index in [4.69, 9.17) is 0 Å². The zero-order valence-corrected chi connectivity index (χ0v) is 11.4. The van der Waals surface area contributed by atoms with E-state index in [-0.39, 0.29) is 0 Å². The van der Waals surface area contributed by atoms with E-state index in [2.05, 4.69) is 5.32 Å². The molecule has 21 heavy (non-hydrogen) atoms. The maximum absolute atomic E-state index is 12.3. The highest BCUT2D eigenvalue weighted by Gasteiger charge is 2.40. The fourth-order valence-corrected chi connectivity index (χ4v) is 2.25. The van der Waals surface area contributed by atoms with Gasteiger partial charge >= 0.3 is 6.18 Å². The van der Waals surface area contributed by atoms with Crippen LogP contribution in [0.3, 0.4) is 0 Å². The molecule has 0 saturated carbocycles. The van der Waals surface area contributed by atoms with Gasteiger partial charge in [0.15, 0.2) is 0 Å². The number of piperazine rings is 1. The predicted molar refractivity (Wildman–Crippen MR) is 69.2 cm³/mol. The highest BCUT2D eigenvalue weighted by atomic mass is 19.4. The van der Waals surface area contributed by atoms with Crippen LogP contribution < -0.4 is 5.32 Å². The number of nitrogens with one attached hydrogen (secondary N) is 1. The third-order valence-corrected chi connectivity index (χ3v) is 3.43. The lowest BCUT2D eigenvalue weighted by molar-refractivity contribution is -0.157. The first kappa shape index (κ1) is 15.3. The molecule has 1 aromatic rings. The standard InChI is InChI=1S/C14H15F3N2O2/c1-9-12(20)18-11(10-5-3-2-4-6-10)13(21)19(9)8-7-14(15,16)17/h2-6,9,11H,7-8H2,1H3,(H,18,20). The predicted octanol–water partition coefficient (Wildman–Crippen LogP) is 2.03. The number of nitrogens with zero attached hydrogens (tertiary/aromatic N) is 1. The summed E-state index contributed by atoms with van der Waals surface area (Å²) >= 11 is 0. The second-order valence-corrected chi connectivity index (χ2v) is 4.93. The Hall–Kier alpha value is -2.05. The first-order chi connectivity index (χ1) is 9.79. The molecule has 0 aliphatic carbocycles. The summed E-state index contributed by atoms with van der Waals surface area (Å²) in [6, 6.07) is 6.63. The number of rotatable bonds is 3. The molecule has 2 amide bonds. The molecule has 1 saturated heterocycles. The van der Waals surface area contributed by atoms with E-state index in [1.165, 1.54) is 6.92 Å². The maximum atomic E-state index is 12.3. The van der Waals surface area contributed by atoms with Crippen LogP contribution in [0.25, 0.3) is 0 Å². The Morgan fingerprint density at radius 1 is 1.19 bits per heavy atom. The molecule has 2 atom stereocenters. The van der Waals surface area contributed by atoms with Crippen LogP contribution in [0, 0.1) is 0 Å². The molecule has 0 aromatic heterocycles. The molecule has 1 N–H and O–H groups in total. The number of amides is 2. The molecular weight excluding hydrogens is 285 g/mol. The Balaban J connectivity index is 2.19. The highest BCUT2D eigenvalue weighted by molar-refractivity contribution is 5.97. The van der Waals surface area contributed by atoms with Crippen LogP contribution in [0.5, 0.6) is 0 Å². The van der Waals surface area contributed by atoms with Gasteiger partial charge in [-0.15, -0.1) is 0 Å². The lowest BCUT2D eigenvalue weighted by Gasteiger charge is -2.37. The first-order valence-corrected chi connectivity index (χ1v) is 6.52. The van der Waals surface area contributed by atoms with Crippen LogP contribution in [-0.4, -0.2) is 35.5 Å². The van der Waals surface area contributed by atoms with E-state index >= 15 is 0 Å². The van der Waals surface area contributed by atoms with E-state index in [9.17, 15) is 22.8 Å². The summed E-state index contributed by atoms with van der Waals surface area (Å²) in [5.74, 6) is -0.969. The number of benzene rings is 1. The molecule has 2 rings (SSSR count). The van der Waals surface area contributed by atoms with Crippen molar-refractivity contribution in [3.05, 3.63) is 35.9 Å². The van der Waals surface area contributed by atoms with Crippen molar-refractivity contribution in [2.75, 3.05) is 6.54 Å². The fraction of sp³-hybridized carbons (Fsp3) is 0.429. The van der Waals surface area contributed by atoms with Gasteiger partial charge < -0.3 is 10.2 Å². The second kappa shape index (κ2) is 5.75. The summed E-state index contributed by atoms with van der Waals surface area (Å²) in [5, 5.41) is 2.55. The van der Waals surface area contributed by atoms with Gasteiger partial charge in [0.1, 0.15) is 12.1 Å². The monoisotopic (exact) mass is 300 g/mol. The van der Waals surface area contributed by atoms with Crippen molar-refractivity contribution in [1.82, 2.24) is 10.2 Å². The summed E-state index contributed by atoms with van der Waals surface area (Å²) in [6.07, 6.45) is -5.49. The van der Waals surface area contributed by atoms with Gasteiger partial charge in [0.05, 0.1) is 6.42 Å². The van der Waals surface area contributed by atoms with E-state index in [0.717, 1.165) is 4.90 Å². The SMILES string of the molecule is CC1C(=O)NC(c2ccccc2)C(=O)N1CCC(F)(F)F. The summed E-state index contributed by atoms with van der Waals surface area (Å²) in [7, 11) is 0. The molecule has 1 aliphatic heterocycles. The molecule has 4 nitrogen and oxygen atoms in total. The molecule has 1 heterocycles. The summed E-state index contributed by atoms with van der Waals surface area (Å²) in [4.78, 5) is 25.2. The Labute approximate surface area is 119 Å². The van der Waals surface area contributed by atoms with Crippen LogP contribution >= 0.6 is 0 Å². The molecule has 0 spiro atoms. The second-order valence-electron chi connectivity index (χ2n) is 4.93. The van der Waals surface area contributed by atoms with E-state index < -0.39 is 43.0 Å². The van der Waals surface area contributed by atoms with Crippen molar-refractivity contribution in [3.8, 4) is 0 Å². The smallest absolute Gasteiger partial charge is 0.339 e. The van der Waals surface area contributed by atoms with Gasteiger partial charge in [0.2, 0.25) is 11.8 Å². The minimum atomic E-state index is -4.36. The topological polar surface area (TPSA) is 49.4 Å². The van der Waals surface area contributed by atoms with E-state index in [0.29, 0.717) is 5.56 Å². The largest absolute Gasteiger partial charge is 0.390 e. The van der Waals surface area contributed by atoms with Gasteiger partial charge in [-0.1, -0.05) is 30.3 Å². The minimum absolute atomic E-state index is 0.453. The quantitative estimate of drug-likeness (QED) is 0.928. The summed E-state index contributed by atoms with van der Waals surface area (Å²) < 4.78 is 37.0. The number of alkyl halides is 3. The zero-order chi connectivity index (χ0) is 15.6. The highest BCUT2D eigenvalue weighted by Crippen LogP contribution is 2.25. The average molecular weight is 300 g/mol. The van der Waals surface area contributed by atoms with Gasteiger partial charge in [-0.3, -0.25) is 9.59 Å². The number of halogens is 3. The Morgan fingerprint density at radius 3 is 2.38 bits per heavy atom. The van der Waals surface area contributed by atoms with Crippen molar-refractivity contribution < 1.29 is 22.8 Å².